The van der Waals surface area contributed by atoms with E-state index in [9.17, 15) is 4.79 Å². The summed E-state index contributed by atoms with van der Waals surface area (Å²) < 4.78 is 0. The molecule has 0 saturated carbocycles. The van der Waals surface area contributed by atoms with E-state index in [-0.39, 0.29) is 11.9 Å². The van der Waals surface area contributed by atoms with Crippen LogP contribution in [0.25, 0.3) is 0 Å². The highest BCUT2D eigenvalue weighted by Crippen LogP contribution is 2.12. The van der Waals surface area contributed by atoms with Crippen molar-refractivity contribution in [2.75, 3.05) is 0 Å². The number of benzene rings is 1. The third-order valence-corrected chi connectivity index (χ3v) is 3.34. The normalized spacial score (nSPS) is 13.3. The second kappa shape index (κ2) is 4.88. The lowest BCUT2D eigenvalue weighted by Gasteiger charge is -2.30. The van der Waals surface area contributed by atoms with Crippen molar-refractivity contribution in [3.8, 4) is 0 Å². The fourth-order valence-electron chi connectivity index (χ4n) is 1.36. The third kappa shape index (κ3) is 3.30. The van der Waals surface area contributed by atoms with Gasteiger partial charge in [-0.2, -0.15) is 0 Å². The van der Waals surface area contributed by atoms with Crippen LogP contribution >= 0.6 is 0 Å². The fraction of sp³-hybridized carbons (Fsp3) is 0.500. The predicted molar refractivity (Wildman–Crippen MR) is 71.1 cm³/mol. The Morgan fingerprint density at radius 2 is 1.88 bits per heavy atom. The molecule has 0 spiro atoms. The van der Waals surface area contributed by atoms with Gasteiger partial charge in [-0.1, -0.05) is 6.07 Å². The largest absolute Gasteiger partial charge is 0.346 e. The molecule has 0 bridgehead atoms. The van der Waals surface area contributed by atoms with Crippen molar-refractivity contribution in [2.45, 2.75) is 46.2 Å². The Labute approximate surface area is 103 Å². The van der Waals surface area contributed by atoms with Gasteiger partial charge in [0.05, 0.1) is 0 Å². The molecule has 0 aliphatic carbocycles. The Hall–Kier alpha value is -1.35. The van der Waals surface area contributed by atoms with Gasteiger partial charge in [0.2, 0.25) is 0 Å². The summed E-state index contributed by atoms with van der Waals surface area (Å²) in [4.78, 5) is 12.1. The average molecular weight is 234 g/mol. The Morgan fingerprint density at radius 1 is 1.29 bits per heavy atom. The number of rotatable bonds is 3. The highest BCUT2D eigenvalue weighted by molar-refractivity contribution is 5.95. The summed E-state index contributed by atoms with van der Waals surface area (Å²) in [6, 6.07) is 5.61. The molecule has 17 heavy (non-hydrogen) atoms. The highest BCUT2D eigenvalue weighted by atomic mass is 16.1. The SMILES string of the molecule is Cc1ccc(C(=O)NC(C)(C)C(C)N)cc1C. The molecule has 0 fully saturated rings. The Kier molecular flexibility index (Phi) is 3.94. The molecule has 3 N–H and O–H groups in total. The number of aryl methyl sites for hydroxylation is 2. The van der Waals surface area contributed by atoms with Gasteiger partial charge < -0.3 is 11.1 Å². The van der Waals surface area contributed by atoms with E-state index in [0.717, 1.165) is 5.56 Å². The molecule has 1 aromatic rings. The van der Waals surface area contributed by atoms with E-state index < -0.39 is 5.54 Å². The number of hydrogen-bond donors (Lipinski definition) is 2. The van der Waals surface area contributed by atoms with E-state index in [2.05, 4.69) is 5.32 Å². The minimum atomic E-state index is -0.407. The van der Waals surface area contributed by atoms with Crippen molar-refractivity contribution >= 4 is 5.91 Å². The van der Waals surface area contributed by atoms with Gasteiger partial charge in [-0.25, -0.2) is 0 Å². The van der Waals surface area contributed by atoms with Crippen molar-refractivity contribution in [1.82, 2.24) is 5.32 Å². The van der Waals surface area contributed by atoms with Crippen LogP contribution in [0.3, 0.4) is 0 Å². The summed E-state index contributed by atoms with van der Waals surface area (Å²) in [5.41, 5.74) is 8.42. The average Bonchev–Trinajstić information content (AvgIpc) is 2.21. The van der Waals surface area contributed by atoms with Crippen molar-refractivity contribution < 1.29 is 4.79 Å². The van der Waals surface area contributed by atoms with Crippen molar-refractivity contribution in [3.63, 3.8) is 0 Å². The van der Waals surface area contributed by atoms with Crippen LogP contribution in [0.2, 0.25) is 0 Å². The Morgan fingerprint density at radius 3 is 2.35 bits per heavy atom. The number of carbonyl (C=O) groups excluding carboxylic acids is 1. The van der Waals surface area contributed by atoms with Gasteiger partial charge in [-0.05, 0) is 57.9 Å². The first-order valence-corrected chi connectivity index (χ1v) is 5.89. The second-order valence-electron chi connectivity index (χ2n) is 5.26. The number of carbonyl (C=O) groups is 1. The maximum absolute atomic E-state index is 12.1. The maximum atomic E-state index is 12.1. The van der Waals surface area contributed by atoms with Gasteiger partial charge in [0, 0.05) is 17.1 Å². The van der Waals surface area contributed by atoms with Crippen LogP contribution in [-0.4, -0.2) is 17.5 Å². The van der Waals surface area contributed by atoms with E-state index >= 15 is 0 Å². The molecule has 0 saturated heterocycles. The summed E-state index contributed by atoms with van der Waals surface area (Å²) in [6.45, 7) is 9.78. The molecule has 0 aliphatic rings. The van der Waals surface area contributed by atoms with Crippen molar-refractivity contribution in [3.05, 3.63) is 34.9 Å². The van der Waals surface area contributed by atoms with Crippen LogP contribution in [-0.2, 0) is 0 Å². The summed E-state index contributed by atoms with van der Waals surface area (Å²) in [5.74, 6) is -0.0737. The first-order valence-electron chi connectivity index (χ1n) is 5.89. The molecular formula is C14H22N2O. The lowest BCUT2D eigenvalue weighted by atomic mass is 9.96. The molecule has 1 aromatic carbocycles. The van der Waals surface area contributed by atoms with E-state index in [1.807, 2.05) is 52.8 Å². The zero-order chi connectivity index (χ0) is 13.2. The molecule has 1 unspecified atom stereocenters. The fourth-order valence-corrected chi connectivity index (χ4v) is 1.36. The monoisotopic (exact) mass is 234 g/mol. The lowest BCUT2D eigenvalue weighted by Crippen LogP contribution is -2.54. The molecule has 0 heterocycles. The standard InChI is InChI=1S/C14H22N2O/c1-9-6-7-12(8-10(9)2)13(17)16-14(4,5)11(3)15/h6-8,11H,15H2,1-5H3,(H,16,17). The van der Waals surface area contributed by atoms with E-state index in [1.165, 1.54) is 5.56 Å². The van der Waals surface area contributed by atoms with Gasteiger partial charge in [-0.3, -0.25) is 4.79 Å². The van der Waals surface area contributed by atoms with Crippen molar-refractivity contribution in [1.29, 1.82) is 0 Å². The number of amides is 1. The second-order valence-corrected chi connectivity index (χ2v) is 5.26. The summed E-state index contributed by atoms with van der Waals surface area (Å²) in [6.07, 6.45) is 0. The number of nitrogens with one attached hydrogen (secondary N) is 1. The van der Waals surface area contributed by atoms with Gasteiger partial charge in [-0.15, -0.1) is 0 Å². The third-order valence-electron chi connectivity index (χ3n) is 3.34. The molecule has 0 aliphatic heterocycles. The summed E-state index contributed by atoms with van der Waals surface area (Å²) in [5, 5.41) is 2.95. The summed E-state index contributed by atoms with van der Waals surface area (Å²) >= 11 is 0. The smallest absolute Gasteiger partial charge is 0.251 e. The van der Waals surface area contributed by atoms with E-state index in [4.69, 9.17) is 5.73 Å². The molecule has 0 aromatic heterocycles. The molecule has 1 amide bonds. The van der Waals surface area contributed by atoms with Gasteiger partial charge in [0.25, 0.3) is 5.91 Å². The van der Waals surface area contributed by atoms with Crippen LogP contribution in [0.1, 0.15) is 42.3 Å². The van der Waals surface area contributed by atoms with E-state index in [0.29, 0.717) is 5.56 Å². The molecule has 0 radical (unpaired) electrons. The lowest BCUT2D eigenvalue weighted by molar-refractivity contribution is 0.0903. The number of nitrogens with two attached hydrogens (primary N) is 1. The molecular weight excluding hydrogens is 212 g/mol. The maximum Gasteiger partial charge on any atom is 0.251 e. The summed E-state index contributed by atoms with van der Waals surface area (Å²) in [7, 11) is 0. The molecule has 94 valence electrons. The molecule has 1 rings (SSSR count). The first-order chi connectivity index (χ1) is 7.74. The zero-order valence-corrected chi connectivity index (χ0v) is 11.3. The Balaban J connectivity index is 2.87. The van der Waals surface area contributed by atoms with Crippen LogP contribution in [0, 0.1) is 13.8 Å². The first kappa shape index (κ1) is 13.7. The van der Waals surface area contributed by atoms with Crippen LogP contribution < -0.4 is 11.1 Å². The van der Waals surface area contributed by atoms with Gasteiger partial charge in [0.15, 0.2) is 0 Å². The minimum Gasteiger partial charge on any atom is -0.346 e. The number of hydrogen-bond acceptors (Lipinski definition) is 2. The van der Waals surface area contributed by atoms with Crippen molar-refractivity contribution in [2.24, 2.45) is 5.73 Å². The minimum absolute atomic E-state index is 0.0737. The topological polar surface area (TPSA) is 55.1 Å². The predicted octanol–water partition coefficient (Wildman–Crippen LogP) is 2.16. The zero-order valence-electron chi connectivity index (χ0n) is 11.3. The van der Waals surface area contributed by atoms with Crippen LogP contribution in [0.4, 0.5) is 0 Å². The molecule has 1 atom stereocenters. The van der Waals surface area contributed by atoms with Crippen LogP contribution in [0.5, 0.6) is 0 Å². The highest BCUT2D eigenvalue weighted by Gasteiger charge is 2.25. The van der Waals surface area contributed by atoms with Gasteiger partial charge >= 0.3 is 0 Å². The Bertz CT molecular complexity index is 422. The molecule has 3 heteroatoms. The van der Waals surface area contributed by atoms with E-state index in [1.54, 1.807) is 0 Å². The quantitative estimate of drug-likeness (QED) is 0.842. The van der Waals surface area contributed by atoms with Crippen LogP contribution in [0.15, 0.2) is 18.2 Å². The van der Waals surface area contributed by atoms with Gasteiger partial charge in [0.1, 0.15) is 0 Å². The molecule has 3 nitrogen and oxygen atoms in total.